The summed E-state index contributed by atoms with van der Waals surface area (Å²) in [6.45, 7) is 0. The van der Waals surface area contributed by atoms with Crippen LogP contribution in [0, 0.1) is 0 Å². The van der Waals surface area contributed by atoms with Crippen LogP contribution in [0.1, 0.15) is 22.3 Å². The first-order chi connectivity index (χ1) is 34.2. The molecule has 2 heterocycles. The predicted molar refractivity (Wildman–Crippen MR) is 280 cm³/mol. The lowest BCUT2D eigenvalue weighted by Gasteiger charge is -2.32. The van der Waals surface area contributed by atoms with Crippen LogP contribution in [-0.2, 0) is 5.41 Å². The first kappa shape index (κ1) is 39.0. The lowest BCUT2D eigenvalue weighted by Crippen LogP contribution is -2.26. The molecule has 322 valence electrons. The molecule has 0 amide bonds. The highest BCUT2D eigenvalue weighted by Gasteiger charge is 2.52. The summed E-state index contributed by atoms with van der Waals surface area (Å²) in [6, 6.07) is 86.4. The molecule has 2 aliphatic rings. The van der Waals surface area contributed by atoms with Crippen LogP contribution in [0.3, 0.4) is 0 Å². The molecule has 10 aromatic carbocycles. The third-order valence-electron chi connectivity index (χ3n) is 14.1. The quantitative estimate of drug-likeness (QED) is 0.160. The topological polar surface area (TPSA) is 55.1 Å². The molecule has 0 unspecified atom stereocenters. The minimum Gasteiger partial charge on any atom is -0.456 e. The van der Waals surface area contributed by atoms with Gasteiger partial charge in [0.15, 0.2) is 17.5 Å². The van der Waals surface area contributed by atoms with E-state index in [0.717, 1.165) is 61.3 Å². The summed E-state index contributed by atoms with van der Waals surface area (Å²) in [6.07, 6.45) is 0. The van der Waals surface area contributed by atoms with Crippen LogP contribution in [0.5, 0.6) is 0 Å². The van der Waals surface area contributed by atoms with Gasteiger partial charge in [0.2, 0.25) is 0 Å². The van der Waals surface area contributed by atoms with E-state index in [9.17, 15) is 0 Å². The van der Waals surface area contributed by atoms with Crippen molar-refractivity contribution in [1.82, 2.24) is 15.0 Å². The van der Waals surface area contributed by atoms with Crippen molar-refractivity contribution in [3.63, 3.8) is 0 Å². The van der Waals surface area contributed by atoms with Crippen molar-refractivity contribution in [3.8, 4) is 67.5 Å². The van der Waals surface area contributed by atoms with E-state index in [1.54, 1.807) is 0 Å². The number of hydrogen-bond acceptors (Lipinski definition) is 5. The second kappa shape index (κ2) is 15.4. The fourth-order valence-corrected chi connectivity index (χ4v) is 11.2. The van der Waals surface area contributed by atoms with Gasteiger partial charge >= 0.3 is 0 Å². The summed E-state index contributed by atoms with van der Waals surface area (Å²) in [5.74, 6) is 1.80. The van der Waals surface area contributed by atoms with Gasteiger partial charge in [-0.1, -0.05) is 200 Å². The van der Waals surface area contributed by atoms with Crippen molar-refractivity contribution in [2.75, 3.05) is 4.90 Å². The highest BCUT2D eigenvalue weighted by atomic mass is 16.3. The second-order valence-corrected chi connectivity index (χ2v) is 17.8. The van der Waals surface area contributed by atoms with Crippen molar-refractivity contribution in [2.24, 2.45) is 0 Å². The Labute approximate surface area is 399 Å². The van der Waals surface area contributed by atoms with Gasteiger partial charge in [-0.05, 0) is 92.5 Å². The molecule has 0 bridgehead atoms. The second-order valence-electron chi connectivity index (χ2n) is 17.8. The number of rotatable bonds is 7. The van der Waals surface area contributed by atoms with Gasteiger partial charge in [0.25, 0.3) is 0 Å². The Morgan fingerprint density at radius 3 is 1.45 bits per heavy atom. The Hall–Kier alpha value is -9.19. The minimum absolute atomic E-state index is 0.487. The minimum atomic E-state index is -0.487. The predicted octanol–water partition coefficient (Wildman–Crippen LogP) is 16.3. The molecule has 2 aliphatic carbocycles. The maximum atomic E-state index is 6.72. The Kier molecular flexibility index (Phi) is 8.73. The molecule has 0 saturated heterocycles. The summed E-state index contributed by atoms with van der Waals surface area (Å²) in [7, 11) is 0. The lowest BCUT2D eigenvalue weighted by atomic mass is 9.70. The molecule has 12 aromatic rings. The third-order valence-corrected chi connectivity index (χ3v) is 14.1. The summed E-state index contributed by atoms with van der Waals surface area (Å²) < 4.78 is 6.72. The molecule has 0 aliphatic heterocycles. The van der Waals surface area contributed by atoms with Gasteiger partial charge in [-0.25, -0.2) is 15.0 Å². The Bertz CT molecular complexity index is 3850. The van der Waals surface area contributed by atoms with E-state index in [1.165, 1.54) is 50.1 Å². The fraction of sp³-hybridized carbons (Fsp3) is 0.0156. The number of furan rings is 1. The Morgan fingerprint density at radius 1 is 0.333 bits per heavy atom. The van der Waals surface area contributed by atoms with Crippen LogP contribution >= 0.6 is 0 Å². The average molecular weight is 881 g/mol. The van der Waals surface area contributed by atoms with Gasteiger partial charge in [-0.3, -0.25) is 0 Å². The summed E-state index contributed by atoms with van der Waals surface area (Å²) >= 11 is 0. The van der Waals surface area contributed by atoms with E-state index in [0.29, 0.717) is 17.5 Å². The molecule has 14 rings (SSSR count). The van der Waals surface area contributed by atoms with Crippen LogP contribution in [-0.4, -0.2) is 15.0 Å². The van der Waals surface area contributed by atoms with Gasteiger partial charge in [-0.2, -0.15) is 0 Å². The first-order valence-electron chi connectivity index (χ1n) is 23.4. The first-order valence-corrected chi connectivity index (χ1v) is 23.4. The van der Waals surface area contributed by atoms with Crippen LogP contribution in [0.4, 0.5) is 17.1 Å². The molecule has 0 fully saturated rings. The van der Waals surface area contributed by atoms with Gasteiger partial charge < -0.3 is 9.32 Å². The van der Waals surface area contributed by atoms with E-state index in [2.05, 4.69) is 175 Å². The zero-order chi connectivity index (χ0) is 45.5. The van der Waals surface area contributed by atoms with Crippen LogP contribution in [0.25, 0.3) is 89.5 Å². The van der Waals surface area contributed by atoms with Crippen LogP contribution in [0.15, 0.2) is 247 Å². The van der Waals surface area contributed by atoms with Gasteiger partial charge in [0, 0.05) is 44.4 Å². The van der Waals surface area contributed by atoms with Gasteiger partial charge in [0.1, 0.15) is 11.2 Å². The summed E-state index contributed by atoms with van der Waals surface area (Å²) in [5.41, 5.74) is 19.5. The molecule has 0 radical (unpaired) electrons. The monoisotopic (exact) mass is 880 g/mol. The normalized spacial score (nSPS) is 12.8. The number of fused-ring (bicyclic) bond motifs is 13. The summed E-state index contributed by atoms with van der Waals surface area (Å²) in [5, 5.41) is 1.91. The largest absolute Gasteiger partial charge is 0.456 e. The summed E-state index contributed by atoms with van der Waals surface area (Å²) in [4.78, 5) is 17.8. The number of hydrogen-bond donors (Lipinski definition) is 0. The van der Waals surface area contributed by atoms with E-state index < -0.39 is 5.41 Å². The average Bonchev–Trinajstić information content (AvgIpc) is 4.06. The maximum absolute atomic E-state index is 6.72. The molecule has 0 atom stereocenters. The third kappa shape index (κ3) is 5.94. The number of aromatic nitrogens is 3. The molecular formula is C64H40N4O. The number of nitrogens with zero attached hydrogens (tertiary/aromatic N) is 4. The van der Waals surface area contributed by atoms with Gasteiger partial charge in [0.05, 0.1) is 11.1 Å². The van der Waals surface area contributed by atoms with Gasteiger partial charge in [-0.15, -0.1) is 0 Å². The molecule has 0 saturated carbocycles. The molecule has 1 spiro atoms. The van der Waals surface area contributed by atoms with E-state index in [-0.39, 0.29) is 0 Å². The Balaban J connectivity index is 1.01. The molecule has 69 heavy (non-hydrogen) atoms. The SMILES string of the molecule is c1ccc(-c2ccc(N(c3ccc4oc5cccc(-c6nc(-c7ccccc7)nc(-c7ccccc7)n6)c5c4c3)c3cccc4c3-c3ccccc3C43c4ccccc4-c4ccccc43)cc2)cc1. The smallest absolute Gasteiger partial charge is 0.164 e. The van der Waals surface area contributed by atoms with Crippen molar-refractivity contribution < 1.29 is 4.42 Å². The van der Waals surface area contributed by atoms with Crippen LogP contribution in [0.2, 0.25) is 0 Å². The van der Waals surface area contributed by atoms with E-state index >= 15 is 0 Å². The van der Waals surface area contributed by atoms with Crippen LogP contribution < -0.4 is 4.90 Å². The van der Waals surface area contributed by atoms with E-state index in [4.69, 9.17) is 19.4 Å². The number of anilines is 3. The molecule has 5 nitrogen and oxygen atoms in total. The zero-order valence-corrected chi connectivity index (χ0v) is 37.3. The lowest BCUT2D eigenvalue weighted by molar-refractivity contribution is 0.669. The molecule has 5 heteroatoms. The molecule has 2 aromatic heterocycles. The standard InChI is InChI=1S/C64H40N4O/c1-4-18-41(19-5-1)42-34-36-45(37-35-42)68(56-32-17-31-55-60(56)49-26-12-15-30-54(49)64(55)52-28-13-10-24-47(52)48-25-11-14-29-53(48)64)46-38-39-57-51(40-46)59-50(27-16-33-58(59)69-57)63-66-61(43-20-6-2-7-21-43)65-62(67-63)44-22-8-3-9-23-44/h1-40H. The van der Waals surface area contributed by atoms with Crippen molar-refractivity contribution in [3.05, 3.63) is 265 Å². The fourth-order valence-electron chi connectivity index (χ4n) is 11.2. The Morgan fingerprint density at radius 2 is 0.812 bits per heavy atom. The van der Waals surface area contributed by atoms with Crippen molar-refractivity contribution in [1.29, 1.82) is 0 Å². The van der Waals surface area contributed by atoms with Crippen molar-refractivity contribution >= 4 is 39.0 Å². The zero-order valence-electron chi connectivity index (χ0n) is 37.3. The molecular weight excluding hydrogens is 841 g/mol. The van der Waals surface area contributed by atoms with Crippen molar-refractivity contribution in [2.45, 2.75) is 5.41 Å². The highest BCUT2D eigenvalue weighted by molar-refractivity contribution is 6.13. The number of benzene rings is 10. The maximum Gasteiger partial charge on any atom is 0.164 e. The van der Waals surface area contributed by atoms with E-state index in [1.807, 2.05) is 72.8 Å². The molecule has 0 N–H and O–H groups in total. The highest BCUT2D eigenvalue weighted by Crippen LogP contribution is 2.64.